The minimum Gasteiger partial charge on any atom is -0.543 e. The molecule has 2 aliphatic heterocycles. The molecule has 15 nitrogen and oxygen atoms in total. The highest BCUT2D eigenvalue weighted by Crippen LogP contribution is 2.40. The molecule has 0 aliphatic carbocycles. The third-order valence-corrected chi connectivity index (χ3v) is 7.55. The largest absolute Gasteiger partial charge is 0.543 e. The van der Waals surface area contributed by atoms with Gasteiger partial charge in [-0.25, -0.2) is 9.36 Å². The van der Waals surface area contributed by atoms with E-state index >= 15 is 0 Å². The Labute approximate surface area is 229 Å². The number of pyridine rings is 1. The van der Waals surface area contributed by atoms with E-state index in [1.165, 1.54) is 25.6 Å². The fourth-order valence-corrected chi connectivity index (χ4v) is 5.41. The number of fused-ring (bicyclic) bond motifs is 2. The zero-order chi connectivity index (χ0) is 28.8. The van der Waals surface area contributed by atoms with E-state index in [0.717, 1.165) is 16.5 Å². The number of furan rings is 1. The van der Waals surface area contributed by atoms with Crippen molar-refractivity contribution in [1.82, 2.24) is 15.2 Å². The summed E-state index contributed by atoms with van der Waals surface area (Å²) < 4.78 is 12.0. The minimum absolute atomic E-state index is 0.166. The van der Waals surface area contributed by atoms with E-state index in [1.807, 2.05) is 0 Å². The zero-order valence-electron chi connectivity index (χ0n) is 21.0. The first kappa shape index (κ1) is 26.7. The van der Waals surface area contributed by atoms with Gasteiger partial charge in [0.15, 0.2) is 24.7 Å². The number of thioether (sulfide) groups is 1. The van der Waals surface area contributed by atoms with Crippen LogP contribution in [0.5, 0.6) is 0 Å². The molecule has 16 heteroatoms. The first-order valence-corrected chi connectivity index (χ1v) is 12.8. The van der Waals surface area contributed by atoms with Gasteiger partial charge >= 0.3 is 5.97 Å². The Hall–Kier alpha value is -4.86. The van der Waals surface area contributed by atoms with Crippen LogP contribution in [0.15, 0.2) is 62.3 Å². The van der Waals surface area contributed by atoms with Crippen molar-refractivity contribution in [3.8, 4) is 0 Å². The summed E-state index contributed by atoms with van der Waals surface area (Å²) in [5, 5.41) is 27.6. The number of aliphatic carboxylic acids is 2. The molecule has 1 unspecified atom stereocenters. The summed E-state index contributed by atoms with van der Waals surface area (Å²) in [6, 6.07) is 2.11. The highest BCUT2D eigenvalue weighted by Gasteiger charge is 2.53. The number of hydrogen-bond donors (Lipinski definition) is 3. The standard InChI is InChI=1S/C24H22N6O9S/c1-24(2,22(35)36)39-28-15(13-9-38-23(25)26-13)18(31)27-16-19(32)30-17(21(33)34)12(10-40-20(16)30)8-29-5-3-14-11(7-29)4-6-37-14/h3-7,9,16,20H,8,10H2,1-2H3,(H4-,25,26,27,31,33,34,35,36)/t16?,20-/m0/s1. The number of nitrogens with two attached hydrogens (primary N) is 1. The van der Waals surface area contributed by atoms with E-state index in [-0.39, 0.29) is 29.7 Å². The average Bonchev–Trinajstić information content (AvgIpc) is 3.55. The maximum Gasteiger partial charge on any atom is 0.350 e. The smallest absolute Gasteiger partial charge is 0.350 e. The number of carbonyl (C=O) groups excluding carboxylic acids is 3. The first-order chi connectivity index (χ1) is 19.0. The number of aromatic nitrogens is 2. The fourth-order valence-electron chi connectivity index (χ4n) is 4.08. The molecule has 2 aliphatic rings. The lowest BCUT2D eigenvalue weighted by molar-refractivity contribution is -0.687. The van der Waals surface area contributed by atoms with Crippen molar-refractivity contribution in [2.24, 2.45) is 5.16 Å². The predicted molar refractivity (Wildman–Crippen MR) is 134 cm³/mol. The molecule has 0 spiro atoms. The van der Waals surface area contributed by atoms with Crippen molar-refractivity contribution in [2.75, 3.05) is 11.5 Å². The quantitative estimate of drug-likeness (QED) is 0.122. The topological polar surface area (TPSA) is 217 Å². The molecule has 0 radical (unpaired) electrons. The fraction of sp³-hybridized carbons (Fsp3) is 0.292. The Morgan fingerprint density at radius 2 is 2.15 bits per heavy atom. The van der Waals surface area contributed by atoms with Crippen LogP contribution in [0.1, 0.15) is 19.5 Å². The van der Waals surface area contributed by atoms with Gasteiger partial charge in [0.1, 0.15) is 29.0 Å². The van der Waals surface area contributed by atoms with E-state index in [2.05, 4.69) is 15.5 Å². The van der Waals surface area contributed by atoms with Crippen LogP contribution in [-0.4, -0.2) is 67.2 Å². The molecule has 4 N–H and O–H groups in total. The maximum absolute atomic E-state index is 13.1. The van der Waals surface area contributed by atoms with Crippen molar-refractivity contribution in [1.29, 1.82) is 0 Å². The monoisotopic (exact) mass is 570 g/mol. The maximum atomic E-state index is 13.1. The summed E-state index contributed by atoms with van der Waals surface area (Å²) in [6.45, 7) is 2.62. The molecule has 5 heterocycles. The third kappa shape index (κ3) is 4.84. The molecule has 3 aromatic heterocycles. The minimum atomic E-state index is -1.80. The number of nitrogens with one attached hydrogen (secondary N) is 1. The number of β-lactam (4-membered cyclic amide) rings is 1. The number of carbonyl (C=O) groups is 4. The Morgan fingerprint density at radius 3 is 2.83 bits per heavy atom. The highest BCUT2D eigenvalue weighted by atomic mass is 32.2. The van der Waals surface area contributed by atoms with Gasteiger partial charge in [-0.05, 0) is 19.9 Å². The van der Waals surface area contributed by atoms with Crippen molar-refractivity contribution in [2.45, 2.75) is 37.4 Å². The lowest BCUT2D eigenvalue weighted by Crippen LogP contribution is -2.71. The SMILES string of the molecule is CC(C)(ON=C(C(=O)NC1C(=O)N2C(C(=O)[O-])=C(C[n+]3ccc4occc4c3)CS[C@@H]12)c1coc(N)n1)C(=O)O. The molecule has 5 rings (SSSR count). The summed E-state index contributed by atoms with van der Waals surface area (Å²) in [6.07, 6.45) is 6.08. The molecule has 0 saturated carbocycles. The summed E-state index contributed by atoms with van der Waals surface area (Å²) in [4.78, 5) is 59.7. The third-order valence-electron chi connectivity index (χ3n) is 6.21. The van der Waals surface area contributed by atoms with Crippen LogP contribution in [0, 0.1) is 0 Å². The van der Waals surface area contributed by atoms with Gasteiger partial charge in [-0.3, -0.25) is 14.5 Å². The van der Waals surface area contributed by atoms with Gasteiger partial charge in [-0.15, -0.1) is 11.8 Å². The number of carboxylic acids is 2. The molecule has 0 bridgehead atoms. The van der Waals surface area contributed by atoms with Crippen LogP contribution in [0.25, 0.3) is 11.0 Å². The molecule has 40 heavy (non-hydrogen) atoms. The van der Waals surface area contributed by atoms with Crippen molar-refractivity contribution in [3.05, 3.63) is 54.0 Å². The average molecular weight is 571 g/mol. The van der Waals surface area contributed by atoms with Crippen LogP contribution >= 0.6 is 11.8 Å². The zero-order valence-corrected chi connectivity index (χ0v) is 21.8. The molecule has 208 valence electrons. The molecular weight excluding hydrogens is 548 g/mol. The van der Waals surface area contributed by atoms with Gasteiger partial charge < -0.3 is 39.7 Å². The summed E-state index contributed by atoms with van der Waals surface area (Å²) in [7, 11) is 0. The number of carboxylic acid groups (broad SMARTS) is 2. The molecule has 1 fully saturated rings. The Kier molecular flexibility index (Phi) is 6.70. The number of nitrogen functional groups attached to an aromatic ring is 1. The van der Waals surface area contributed by atoms with Gasteiger partial charge in [0, 0.05) is 17.4 Å². The molecule has 2 amide bonds. The van der Waals surface area contributed by atoms with E-state index in [1.54, 1.807) is 35.4 Å². The van der Waals surface area contributed by atoms with Crippen LogP contribution in [0.2, 0.25) is 0 Å². The number of amides is 2. The number of rotatable bonds is 9. The summed E-state index contributed by atoms with van der Waals surface area (Å²) in [5.74, 6) is -4.24. The lowest BCUT2D eigenvalue weighted by atomic mass is 10.0. The summed E-state index contributed by atoms with van der Waals surface area (Å²) in [5.41, 5.74) is 3.90. The van der Waals surface area contributed by atoms with Crippen LogP contribution < -0.4 is 20.7 Å². The summed E-state index contributed by atoms with van der Waals surface area (Å²) >= 11 is 1.26. The van der Waals surface area contributed by atoms with Gasteiger partial charge in [0.25, 0.3) is 17.8 Å². The van der Waals surface area contributed by atoms with E-state index in [4.69, 9.17) is 19.4 Å². The molecule has 0 aromatic carbocycles. The first-order valence-electron chi connectivity index (χ1n) is 11.7. The van der Waals surface area contributed by atoms with Crippen molar-refractivity contribution >= 4 is 58.2 Å². The second-order valence-electron chi connectivity index (χ2n) is 9.38. The molecule has 3 aromatic rings. The van der Waals surface area contributed by atoms with Crippen molar-refractivity contribution in [3.63, 3.8) is 0 Å². The van der Waals surface area contributed by atoms with E-state index in [0.29, 0.717) is 11.2 Å². The molecular formula is C24H22N6O9S. The Bertz CT molecular complexity index is 1610. The predicted octanol–water partition coefficient (Wildman–Crippen LogP) is -1.02. The van der Waals surface area contributed by atoms with Crippen LogP contribution in [-0.2, 0) is 30.6 Å². The number of hydrogen-bond acceptors (Lipinski definition) is 12. The van der Waals surface area contributed by atoms with Gasteiger partial charge in [0.05, 0.1) is 23.3 Å². The second-order valence-corrected chi connectivity index (χ2v) is 10.5. The van der Waals surface area contributed by atoms with Crippen molar-refractivity contribution < 1.29 is 47.6 Å². The van der Waals surface area contributed by atoms with E-state index < -0.39 is 46.5 Å². The van der Waals surface area contributed by atoms with E-state index in [9.17, 15) is 29.4 Å². The Balaban J connectivity index is 1.36. The van der Waals surface area contributed by atoms with Crippen LogP contribution in [0.3, 0.4) is 0 Å². The number of nitrogens with zero attached hydrogens (tertiary/aromatic N) is 4. The molecule has 1 saturated heterocycles. The number of anilines is 1. The lowest BCUT2D eigenvalue weighted by Gasteiger charge is -2.50. The van der Waals surface area contributed by atoms with Gasteiger partial charge in [0.2, 0.25) is 5.60 Å². The number of oxazole rings is 1. The molecule has 2 atom stereocenters. The van der Waals surface area contributed by atoms with Crippen LogP contribution in [0.4, 0.5) is 6.01 Å². The number of oxime groups is 1. The Morgan fingerprint density at radius 1 is 1.38 bits per heavy atom. The second kappa shape index (κ2) is 10.0. The highest BCUT2D eigenvalue weighted by molar-refractivity contribution is 8.00. The normalized spacial score (nSPS) is 19.3. The van der Waals surface area contributed by atoms with Gasteiger partial charge in [-0.2, -0.15) is 4.98 Å². The van der Waals surface area contributed by atoms with Gasteiger partial charge in [-0.1, -0.05) is 5.16 Å².